The molecule has 0 spiro atoms. The van der Waals surface area contributed by atoms with Gasteiger partial charge in [0.25, 0.3) is 0 Å². The van der Waals surface area contributed by atoms with Crippen molar-refractivity contribution in [2.24, 2.45) is 0 Å². The maximum Gasteiger partial charge on any atom is 0.231 e. The van der Waals surface area contributed by atoms with Crippen LogP contribution in [0.2, 0.25) is 0 Å². The molecule has 2 heterocycles. The molecule has 1 atom stereocenters. The lowest BCUT2D eigenvalue weighted by Crippen LogP contribution is -2.42. The molecule has 3 rings (SSSR count). The molecule has 0 aliphatic carbocycles. The van der Waals surface area contributed by atoms with E-state index >= 15 is 0 Å². The Morgan fingerprint density at radius 1 is 1.33 bits per heavy atom. The minimum absolute atomic E-state index is 0.0628. The van der Waals surface area contributed by atoms with Crippen LogP contribution in [0.15, 0.2) is 41.8 Å². The number of aliphatic hydroxyl groups excluding tert-OH is 1. The van der Waals surface area contributed by atoms with Gasteiger partial charge < -0.3 is 14.9 Å². The SMILES string of the molecule is CN1C(=O)C[C@H](C(=O)N(CCO)Cc2cccs2)c2ccccc21. The Balaban J connectivity index is 1.89. The quantitative estimate of drug-likeness (QED) is 0.905. The Kier molecular flexibility index (Phi) is 4.97. The molecule has 24 heavy (non-hydrogen) atoms. The zero-order chi connectivity index (χ0) is 17.1. The van der Waals surface area contributed by atoms with E-state index in [2.05, 4.69) is 0 Å². The Morgan fingerprint density at radius 3 is 2.83 bits per heavy atom. The van der Waals surface area contributed by atoms with Crippen molar-refractivity contribution >= 4 is 28.8 Å². The second-order valence-electron chi connectivity index (χ2n) is 5.83. The summed E-state index contributed by atoms with van der Waals surface area (Å²) in [5, 5.41) is 11.3. The summed E-state index contributed by atoms with van der Waals surface area (Å²) in [7, 11) is 1.74. The number of rotatable bonds is 5. The number of amides is 2. The summed E-state index contributed by atoms with van der Waals surface area (Å²) in [6, 6.07) is 11.4. The van der Waals surface area contributed by atoms with E-state index in [4.69, 9.17) is 0 Å². The van der Waals surface area contributed by atoms with Crippen molar-refractivity contribution in [2.45, 2.75) is 18.9 Å². The van der Waals surface area contributed by atoms with E-state index in [1.165, 1.54) is 0 Å². The standard InChI is InChI=1S/C18H20N2O3S/c1-19-16-7-3-2-6-14(16)15(11-17(19)22)18(23)20(8-9-21)12-13-5-4-10-24-13/h2-7,10,15,21H,8-9,11-12H2,1H3/t15-/m0/s1. The third-order valence-electron chi connectivity index (χ3n) is 4.33. The maximum atomic E-state index is 13.1. The van der Waals surface area contributed by atoms with Crippen LogP contribution < -0.4 is 4.90 Å². The lowest BCUT2D eigenvalue weighted by Gasteiger charge is -2.33. The van der Waals surface area contributed by atoms with E-state index in [9.17, 15) is 14.7 Å². The number of carbonyl (C=O) groups excluding carboxylic acids is 2. The second kappa shape index (κ2) is 7.15. The third-order valence-corrected chi connectivity index (χ3v) is 5.19. The van der Waals surface area contributed by atoms with E-state index in [1.807, 2.05) is 41.8 Å². The van der Waals surface area contributed by atoms with Crippen LogP contribution in [0.25, 0.3) is 0 Å². The van der Waals surface area contributed by atoms with Gasteiger partial charge in [0.05, 0.1) is 19.1 Å². The second-order valence-corrected chi connectivity index (χ2v) is 6.86. The zero-order valence-corrected chi connectivity index (χ0v) is 14.3. The zero-order valence-electron chi connectivity index (χ0n) is 13.5. The molecule has 1 aliphatic heterocycles. The molecule has 2 aromatic rings. The van der Waals surface area contributed by atoms with Crippen molar-refractivity contribution in [2.75, 3.05) is 25.1 Å². The molecule has 0 saturated heterocycles. The van der Waals surface area contributed by atoms with E-state index in [1.54, 1.807) is 28.2 Å². The van der Waals surface area contributed by atoms with Crippen LogP contribution in [-0.2, 0) is 16.1 Å². The fourth-order valence-electron chi connectivity index (χ4n) is 3.06. The lowest BCUT2D eigenvalue weighted by molar-refractivity contribution is -0.136. The molecule has 0 unspecified atom stereocenters. The summed E-state index contributed by atoms with van der Waals surface area (Å²) >= 11 is 1.58. The first kappa shape index (κ1) is 16.7. The van der Waals surface area contributed by atoms with Crippen LogP contribution >= 0.6 is 11.3 Å². The Hall–Kier alpha value is -2.18. The molecule has 0 saturated carbocycles. The van der Waals surface area contributed by atoms with Gasteiger partial charge in [-0.2, -0.15) is 0 Å². The smallest absolute Gasteiger partial charge is 0.231 e. The summed E-state index contributed by atoms with van der Waals surface area (Å²) in [5.74, 6) is -0.658. The number of aliphatic hydroxyl groups is 1. The van der Waals surface area contributed by atoms with Crippen LogP contribution in [0.4, 0.5) is 5.69 Å². The number of carbonyl (C=O) groups is 2. The molecule has 2 amide bonds. The van der Waals surface area contributed by atoms with Crippen LogP contribution in [0.1, 0.15) is 22.8 Å². The summed E-state index contributed by atoms with van der Waals surface area (Å²) in [4.78, 5) is 29.7. The number of hydrogen-bond donors (Lipinski definition) is 1. The molecule has 0 fully saturated rings. The van der Waals surface area contributed by atoms with E-state index in [0.717, 1.165) is 16.1 Å². The Bertz CT molecular complexity index is 730. The predicted molar refractivity (Wildman–Crippen MR) is 94.0 cm³/mol. The summed E-state index contributed by atoms with van der Waals surface area (Å²) < 4.78 is 0. The van der Waals surface area contributed by atoms with Gasteiger partial charge in [-0.1, -0.05) is 24.3 Å². The topological polar surface area (TPSA) is 60.9 Å². The summed E-state index contributed by atoms with van der Waals surface area (Å²) in [6.45, 7) is 0.624. The number of fused-ring (bicyclic) bond motifs is 1. The van der Waals surface area contributed by atoms with Crippen LogP contribution in [-0.4, -0.2) is 42.0 Å². The maximum absolute atomic E-state index is 13.1. The molecule has 6 heteroatoms. The van der Waals surface area contributed by atoms with Gasteiger partial charge >= 0.3 is 0 Å². The molecule has 5 nitrogen and oxygen atoms in total. The number of para-hydroxylation sites is 1. The van der Waals surface area contributed by atoms with Gasteiger partial charge in [0.1, 0.15) is 0 Å². The Morgan fingerprint density at radius 2 is 2.12 bits per heavy atom. The first-order valence-corrected chi connectivity index (χ1v) is 8.77. The van der Waals surface area contributed by atoms with Crippen molar-refractivity contribution in [1.82, 2.24) is 4.90 Å². The number of benzene rings is 1. The van der Waals surface area contributed by atoms with Crippen molar-refractivity contribution in [3.63, 3.8) is 0 Å². The molecule has 0 bridgehead atoms. The monoisotopic (exact) mass is 344 g/mol. The van der Waals surface area contributed by atoms with Crippen molar-refractivity contribution in [3.8, 4) is 0 Å². The highest BCUT2D eigenvalue weighted by atomic mass is 32.1. The van der Waals surface area contributed by atoms with E-state index < -0.39 is 5.92 Å². The normalized spacial score (nSPS) is 16.8. The highest BCUT2D eigenvalue weighted by molar-refractivity contribution is 7.09. The first-order chi connectivity index (χ1) is 11.6. The van der Waals surface area contributed by atoms with Gasteiger partial charge in [-0.15, -0.1) is 11.3 Å². The average Bonchev–Trinajstić information content (AvgIpc) is 3.10. The van der Waals surface area contributed by atoms with Gasteiger partial charge in [0.2, 0.25) is 11.8 Å². The number of anilines is 1. The van der Waals surface area contributed by atoms with Crippen LogP contribution in [0.5, 0.6) is 0 Å². The fourth-order valence-corrected chi connectivity index (χ4v) is 3.78. The molecule has 1 N–H and O–H groups in total. The highest BCUT2D eigenvalue weighted by Gasteiger charge is 2.35. The van der Waals surface area contributed by atoms with Crippen LogP contribution in [0.3, 0.4) is 0 Å². The molecule has 1 aromatic carbocycles. The fraction of sp³-hybridized carbons (Fsp3) is 0.333. The van der Waals surface area contributed by atoms with Crippen LogP contribution in [0, 0.1) is 0 Å². The summed E-state index contributed by atoms with van der Waals surface area (Å²) in [6.07, 6.45) is 0.165. The van der Waals surface area contributed by atoms with Gasteiger partial charge in [-0.05, 0) is 23.1 Å². The Labute approximate surface area is 145 Å². The molecule has 1 aliphatic rings. The number of nitrogens with zero attached hydrogens (tertiary/aromatic N) is 2. The summed E-state index contributed by atoms with van der Waals surface area (Å²) in [5.41, 5.74) is 1.66. The van der Waals surface area contributed by atoms with Crippen molar-refractivity contribution in [3.05, 3.63) is 52.2 Å². The molecule has 126 valence electrons. The largest absolute Gasteiger partial charge is 0.395 e. The van der Waals surface area contributed by atoms with E-state index in [-0.39, 0.29) is 31.4 Å². The van der Waals surface area contributed by atoms with Gasteiger partial charge in [-0.3, -0.25) is 9.59 Å². The minimum Gasteiger partial charge on any atom is -0.395 e. The first-order valence-electron chi connectivity index (χ1n) is 7.89. The number of hydrogen-bond acceptors (Lipinski definition) is 4. The van der Waals surface area contributed by atoms with Gasteiger partial charge in [-0.25, -0.2) is 0 Å². The molecule has 1 aromatic heterocycles. The lowest BCUT2D eigenvalue weighted by atomic mass is 9.88. The highest BCUT2D eigenvalue weighted by Crippen LogP contribution is 2.36. The molecular weight excluding hydrogens is 324 g/mol. The number of thiophene rings is 1. The van der Waals surface area contributed by atoms with Gasteiger partial charge in [0.15, 0.2) is 0 Å². The predicted octanol–water partition coefficient (Wildman–Crippen LogP) is 2.22. The van der Waals surface area contributed by atoms with Crippen molar-refractivity contribution < 1.29 is 14.7 Å². The van der Waals surface area contributed by atoms with E-state index in [0.29, 0.717) is 6.54 Å². The van der Waals surface area contributed by atoms with Crippen molar-refractivity contribution in [1.29, 1.82) is 0 Å². The molecular formula is C18H20N2O3S. The molecule has 0 radical (unpaired) electrons. The third kappa shape index (κ3) is 3.20. The van der Waals surface area contributed by atoms with Gasteiger partial charge in [0, 0.05) is 30.6 Å². The average molecular weight is 344 g/mol. The minimum atomic E-state index is -0.489.